The van der Waals surface area contributed by atoms with Crippen LogP contribution in [0.25, 0.3) is 0 Å². The monoisotopic (exact) mass is 1200 g/mol. The lowest BCUT2D eigenvalue weighted by molar-refractivity contribution is -0.929. The summed E-state index contributed by atoms with van der Waals surface area (Å²) in [6.07, 6.45) is 7.70. The van der Waals surface area contributed by atoms with Gasteiger partial charge in [0.25, 0.3) is 0 Å². The van der Waals surface area contributed by atoms with Gasteiger partial charge >= 0.3 is 24.6 Å². The molecule has 0 saturated carbocycles. The van der Waals surface area contributed by atoms with E-state index in [4.69, 9.17) is 61.9 Å². The van der Waals surface area contributed by atoms with Crippen LogP contribution in [0.3, 0.4) is 0 Å². The zero-order valence-electron chi connectivity index (χ0n) is 53.6. The van der Waals surface area contributed by atoms with Crippen LogP contribution in [-0.2, 0) is 56.0 Å². The predicted octanol–water partition coefficient (Wildman–Crippen LogP) is 9.66. The highest BCUT2D eigenvalue weighted by Crippen LogP contribution is 2.17. The standard InChI is InChI=1S/C16H36N.C11H24O4Si.C10H22O5Si.C8H16O4.C6H16O2Si.C3H6O.CO2.CH4.FH/c1-5-9-13-17(14-10-6-2,15-11-7-3)16-12-8-4;1-9(2)7-13-11(12)15-10(3)8-14-16(4,5)6;1-8(11)6-13-10(12)15-9(2)7-14-16(3,4)5;1-6(2)5-11-8(10)12-7(3)4-9;1-6(7)5-8-9(2,3)4;1-3-2-4-3;2-1-3;;/h5-16H2,1-4H3;9-10H,7-8H2,1-6H3;8-9,11H,6-7H2,1-5H3;6-7,9H,4-5H2,1-3H3;6-7H,5H2,1-4H3;3H,2H2,1H3;;1H4;1H/q+1;;;;;;;;/p-1. The predicted molar refractivity (Wildman–Crippen MR) is 320 cm³/mol. The number of unbranched alkanes of at least 4 members (excludes halogenated alkanes) is 4. The molecule has 6 unspecified atom stereocenters. The van der Waals surface area contributed by atoms with Gasteiger partial charge in [-0.05, 0) is 138 Å². The minimum Gasteiger partial charge on any atom is -1.00 e. The van der Waals surface area contributed by atoms with Crippen LogP contribution in [0.1, 0.15) is 156 Å². The molecule has 1 heterocycles. The van der Waals surface area contributed by atoms with Crippen LogP contribution in [-0.4, -0.2) is 185 Å². The number of ether oxygens (including phenoxy) is 7. The molecular formula is C56H124FNO18Si3. The van der Waals surface area contributed by atoms with Gasteiger partial charge in [-0.15, -0.1) is 0 Å². The second kappa shape index (κ2) is 57.3. The molecule has 1 fully saturated rings. The van der Waals surface area contributed by atoms with E-state index in [2.05, 4.69) is 103 Å². The largest absolute Gasteiger partial charge is 1.00 e. The lowest BCUT2D eigenvalue weighted by atomic mass is 10.1. The van der Waals surface area contributed by atoms with E-state index >= 15 is 0 Å². The Morgan fingerprint density at radius 2 is 0.759 bits per heavy atom. The normalized spacial score (nSPS) is 14.3. The second-order valence-corrected chi connectivity index (χ2v) is 36.8. The fourth-order valence-electron chi connectivity index (χ4n) is 5.20. The Hall–Kier alpha value is -2.55. The van der Waals surface area contributed by atoms with E-state index in [1.807, 2.05) is 27.7 Å². The summed E-state index contributed by atoms with van der Waals surface area (Å²) in [7, 11) is -4.50. The van der Waals surface area contributed by atoms with Gasteiger partial charge in [0.15, 0.2) is 25.0 Å². The molecule has 0 aliphatic carbocycles. The molecule has 19 nitrogen and oxygen atoms in total. The molecule has 1 rings (SSSR count). The average Bonchev–Trinajstić information content (AvgIpc) is 4.11. The molecule has 0 aromatic carbocycles. The van der Waals surface area contributed by atoms with E-state index in [0.717, 1.165) is 6.61 Å². The molecule has 1 saturated heterocycles. The van der Waals surface area contributed by atoms with Gasteiger partial charge in [0.1, 0.15) is 24.9 Å². The van der Waals surface area contributed by atoms with Crippen LogP contribution in [0.2, 0.25) is 58.9 Å². The molecule has 6 atom stereocenters. The summed E-state index contributed by atoms with van der Waals surface area (Å²) in [6.45, 7) is 54.9. The van der Waals surface area contributed by atoms with Crippen molar-refractivity contribution >= 4 is 49.6 Å². The third-order valence-corrected chi connectivity index (χ3v) is 12.5. The van der Waals surface area contributed by atoms with Crippen molar-refractivity contribution in [3.63, 3.8) is 0 Å². The van der Waals surface area contributed by atoms with Crippen molar-refractivity contribution in [2.45, 2.75) is 251 Å². The number of hydrogen-bond acceptors (Lipinski definition) is 18. The average molecular weight is 1200 g/mol. The number of aliphatic hydroxyl groups excluding tert-OH is 3. The van der Waals surface area contributed by atoms with Crippen LogP contribution in [0.15, 0.2) is 0 Å². The van der Waals surface area contributed by atoms with E-state index in [1.54, 1.807) is 27.7 Å². The molecule has 0 aromatic rings. The molecule has 0 spiro atoms. The van der Waals surface area contributed by atoms with Crippen molar-refractivity contribution in [3.8, 4) is 0 Å². The van der Waals surface area contributed by atoms with Crippen LogP contribution in [0, 0.1) is 11.8 Å². The lowest BCUT2D eigenvalue weighted by Gasteiger charge is -2.39. The Labute approximate surface area is 484 Å². The molecule has 0 radical (unpaired) electrons. The van der Waals surface area contributed by atoms with Gasteiger partial charge in [-0.1, -0.05) is 88.5 Å². The first-order chi connectivity index (χ1) is 35.4. The van der Waals surface area contributed by atoms with Gasteiger partial charge in [0, 0.05) is 0 Å². The Kier molecular flexibility index (Phi) is 67.3. The summed E-state index contributed by atoms with van der Waals surface area (Å²) in [5.41, 5.74) is 0. The minimum absolute atomic E-state index is 0. The third kappa shape index (κ3) is 89.5. The van der Waals surface area contributed by atoms with Gasteiger partial charge in [-0.3, -0.25) is 0 Å². The summed E-state index contributed by atoms with van der Waals surface area (Å²) in [5, 5.41) is 26.2. The van der Waals surface area contributed by atoms with Gasteiger partial charge < -0.3 is 70.9 Å². The molecule has 1 aliphatic heterocycles. The fraction of sp³-hybridized carbons (Fsp3) is 0.929. The summed E-state index contributed by atoms with van der Waals surface area (Å²) in [4.78, 5) is 49.3. The van der Waals surface area contributed by atoms with Gasteiger partial charge in [0.05, 0.1) is 90.7 Å². The van der Waals surface area contributed by atoms with Gasteiger partial charge in [-0.2, -0.15) is 9.59 Å². The molecule has 0 aromatic heterocycles. The van der Waals surface area contributed by atoms with Crippen molar-refractivity contribution in [2.75, 3.05) is 79.0 Å². The number of hydrogen-bond donors (Lipinski definition) is 3. The summed E-state index contributed by atoms with van der Waals surface area (Å²) < 4.78 is 51.6. The molecule has 480 valence electrons. The number of carbonyl (C=O) groups is 3. The third-order valence-electron chi connectivity index (χ3n) is 9.36. The molecule has 0 amide bonds. The molecule has 79 heavy (non-hydrogen) atoms. The molecule has 23 heteroatoms. The highest BCUT2D eigenvalue weighted by atomic mass is 28.4. The molecule has 0 bridgehead atoms. The van der Waals surface area contributed by atoms with E-state index in [9.17, 15) is 14.4 Å². The summed E-state index contributed by atoms with van der Waals surface area (Å²) in [6, 6.07) is 0. The van der Waals surface area contributed by atoms with Crippen molar-refractivity contribution < 1.29 is 94.9 Å². The number of nitrogens with zero attached hydrogens (tertiary/aromatic N) is 1. The minimum atomic E-state index is -1.58. The molecule has 3 N–H and O–H groups in total. The SMILES string of the molecule is C.CC(C)COC(=O)OC(C)CO.CC(C)COC(=O)OC(C)CO[Si](C)(C)C.CC(O)COC(=O)OC(C)CO[Si](C)(C)C.CC(O)CO[Si](C)(C)C.CC1CO1.CCCC[N+](CCCC)(CCCC)CCCC.O=C=O.[F-]. The second-order valence-electron chi connectivity index (χ2n) is 23.3. The Morgan fingerprint density at radius 1 is 0.519 bits per heavy atom. The first-order valence-electron chi connectivity index (χ1n) is 28.3. The van der Waals surface area contributed by atoms with Crippen molar-refractivity contribution in [1.82, 2.24) is 0 Å². The Morgan fingerprint density at radius 3 is 0.949 bits per heavy atom. The zero-order valence-corrected chi connectivity index (χ0v) is 56.6. The fourth-order valence-corrected chi connectivity index (χ4v) is 7.42. The maximum atomic E-state index is 11.2. The van der Waals surface area contributed by atoms with Crippen LogP contribution < -0.4 is 4.70 Å². The van der Waals surface area contributed by atoms with Gasteiger partial charge in [-0.25, -0.2) is 14.4 Å². The highest BCUT2D eigenvalue weighted by molar-refractivity contribution is 6.70. The number of quaternary nitrogens is 1. The summed E-state index contributed by atoms with van der Waals surface area (Å²) in [5.74, 6) is 0.614. The molecule has 1 aliphatic rings. The Bertz CT molecular complexity index is 1310. The topological polar surface area (TPSA) is 242 Å². The summed E-state index contributed by atoms with van der Waals surface area (Å²) >= 11 is 0. The van der Waals surface area contributed by atoms with Crippen molar-refractivity contribution in [3.05, 3.63) is 0 Å². The van der Waals surface area contributed by atoms with Crippen molar-refractivity contribution in [2.24, 2.45) is 11.8 Å². The van der Waals surface area contributed by atoms with E-state index in [0.29, 0.717) is 51.0 Å². The van der Waals surface area contributed by atoms with E-state index in [1.165, 1.54) is 89.0 Å². The lowest BCUT2D eigenvalue weighted by Crippen LogP contribution is -3.00. The number of rotatable bonds is 31. The maximum Gasteiger partial charge on any atom is 0.508 e. The van der Waals surface area contributed by atoms with E-state index in [-0.39, 0.29) is 49.8 Å². The number of carbonyl (C=O) groups excluding carboxylic acids is 5. The van der Waals surface area contributed by atoms with Crippen LogP contribution >= 0.6 is 0 Å². The van der Waals surface area contributed by atoms with Crippen LogP contribution in [0.5, 0.6) is 0 Å². The zero-order chi connectivity index (χ0) is 61.3. The first-order valence-corrected chi connectivity index (χ1v) is 38.5. The maximum absolute atomic E-state index is 11.2. The number of halogens is 1. The smallest absolute Gasteiger partial charge is 0.508 e. The van der Waals surface area contributed by atoms with Crippen LogP contribution in [0.4, 0.5) is 14.4 Å². The van der Waals surface area contributed by atoms with Crippen molar-refractivity contribution in [1.29, 1.82) is 0 Å². The number of epoxide rings is 1. The van der Waals surface area contributed by atoms with E-state index < -0.39 is 55.6 Å². The highest BCUT2D eigenvalue weighted by Gasteiger charge is 2.25. The quantitative estimate of drug-likeness (QED) is 0.0192. The number of aliphatic hydroxyl groups is 3. The first kappa shape index (κ1) is 92.9. The molecular weight excluding hydrogens is 1080 g/mol. The van der Waals surface area contributed by atoms with Gasteiger partial charge in [0.2, 0.25) is 0 Å². The Balaban J connectivity index is -0.000000129.